The quantitative estimate of drug-likeness (QED) is 0.357. The largest absolute Gasteiger partial charge is 0.376 e. The molecule has 6 heteroatoms. The first-order chi connectivity index (χ1) is 8.52. The minimum atomic E-state index is -0.469. The van der Waals surface area contributed by atoms with E-state index in [4.69, 9.17) is 16.3 Å². The third-order valence-corrected chi connectivity index (χ3v) is 2.40. The highest BCUT2D eigenvalue weighted by Gasteiger charge is 2.15. The van der Waals surface area contributed by atoms with Crippen LogP contribution in [0.3, 0.4) is 0 Å². The number of nitro benzene ring substituents is 1. The van der Waals surface area contributed by atoms with Crippen molar-refractivity contribution >= 4 is 23.0 Å². The summed E-state index contributed by atoms with van der Waals surface area (Å²) in [6.45, 7) is 6.92. The van der Waals surface area contributed by atoms with E-state index in [2.05, 4.69) is 11.9 Å². The van der Waals surface area contributed by atoms with E-state index in [1.165, 1.54) is 6.07 Å². The molecule has 0 aliphatic carbocycles. The molecule has 1 aromatic carbocycles. The van der Waals surface area contributed by atoms with E-state index in [1.807, 2.05) is 6.92 Å². The van der Waals surface area contributed by atoms with E-state index in [1.54, 1.807) is 12.1 Å². The van der Waals surface area contributed by atoms with Crippen LogP contribution in [-0.4, -0.2) is 24.7 Å². The highest BCUT2D eigenvalue weighted by atomic mass is 35.5. The number of anilines is 1. The summed E-state index contributed by atoms with van der Waals surface area (Å²) in [5.41, 5.74) is 1.21. The molecule has 5 nitrogen and oxygen atoms in total. The van der Waals surface area contributed by atoms with Crippen LogP contribution in [0.5, 0.6) is 0 Å². The molecule has 0 bridgehead atoms. The van der Waals surface area contributed by atoms with Crippen LogP contribution in [0.1, 0.15) is 6.92 Å². The van der Waals surface area contributed by atoms with Crippen LogP contribution in [0.4, 0.5) is 11.4 Å². The lowest BCUT2D eigenvalue weighted by molar-refractivity contribution is -0.383. The summed E-state index contributed by atoms with van der Waals surface area (Å²) in [5.74, 6) is 0. The van der Waals surface area contributed by atoms with E-state index >= 15 is 0 Å². The second-order valence-corrected chi connectivity index (χ2v) is 4.23. The summed E-state index contributed by atoms with van der Waals surface area (Å²) in [6.07, 6.45) is 0. The molecule has 1 N–H and O–H groups in total. The van der Waals surface area contributed by atoms with Gasteiger partial charge in [-0.15, -0.1) is 0 Å². The second-order valence-electron chi connectivity index (χ2n) is 3.83. The zero-order valence-corrected chi connectivity index (χ0v) is 10.9. The Morgan fingerprint density at radius 3 is 2.94 bits per heavy atom. The van der Waals surface area contributed by atoms with Gasteiger partial charge in [0.15, 0.2) is 0 Å². The summed E-state index contributed by atoms with van der Waals surface area (Å²) in [5, 5.41) is 14.0. The van der Waals surface area contributed by atoms with Crippen LogP contribution in [0, 0.1) is 10.1 Å². The molecule has 0 aliphatic heterocycles. The fraction of sp³-hybridized carbons (Fsp3) is 0.333. The number of nitro groups is 1. The fourth-order valence-electron chi connectivity index (χ4n) is 1.33. The van der Waals surface area contributed by atoms with Gasteiger partial charge < -0.3 is 10.1 Å². The zero-order chi connectivity index (χ0) is 13.5. The van der Waals surface area contributed by atoms with Gasteiger partial charge in [0.05, 0.1) is 23.2 Å². The van der Waals surface area contributed by atoms with Crippen molar-refractivity contribution in [2.75, 3.05) is 25.1 Å². The van der Waals surface area contributed by atoms with Gasteiger partial charge in [0, 0.05) is 12.6 Å². The normalized spacial score (nSPS) is 10.1. The van der Waals surface area contributed by atoms with Crippen molar-refractivity contribution in [1.29, 1.82) is 0 Å². The summed E-state index contributed by atoms with van der Waals surface area (Å²) in [4.78, 5) is 10.3. The lowest BCUT2D eigenvalue weighted by atomic mass is 10.2. The average molecular weight is 271 g/mol. The minimum Gasteiger partial charge on any atom is -0.376 e. The van der Waals surface area contributed by atoms with Crippen LogP contribution < -0.4 is 5.32 Å². The monoisotopic (exact) mass is 270 g/mol. The SMILES string of the molecule is C=C(C)COCCNc1c(Cl)cccc1[N+](=O)[O-]. The molecule has 0 aromatic heterocycles. The maximum Gasteiger partial charge on any atom is 0.293 e. The molecule has 0 saturated carbocycles. The van der Waals surface area contributed by atoms with Crippen LogP contribution in [-0.2, 0) is 4.74 Å². The maximum absolute atomic E-state index is 10.8. The van der Waals surface area contributed by atoms with Crippen molar-refractivity contribution in [2.45, 2.75) is 6.92 Å². The number of ether oxygens (including phenoxy) is 1. The first-order valence-electron chi connectivity index (χ1n) is 5.41. The van der Waals surface area contributed by atoms with Crippen molar-refractivity contribution in [3.63, 3.8) is 0 Å². The average Bonchev–Trinajstić information content (AvgIpc) is 2.29. The van der Waals surface area contributed by atoms with Crippen LogP contribution in [0.15, 0.2) is 30.4 Å². The Hall–Kier alpha value is -1.59. The number of para-hydroxylation sites is 1. The Labute approximate surface area is 111 Å². The highest BCUT2D eigenvalue weighted by molar-refractivity contribution is 6.33. The number of nitrogens with one attached hydrogen (secondary N) is 1. The van der Waals surface area contributed by atoms with Gasteiger partial charge in [-0.05, 0) is 13.0 Å². The molecule has 18 heavy (non-hydrogen) atoms. The first-order valence-corrected chi connectivity index (χ1v) is 5.79. The molecular formula is C12H15ClN2O3. The van der Waals surface area contributed by atoms with Gasteiger partial charge in [-0.2, -0.15) is 0 Å². The zero-order valence-electron chi connectivity index (χ0n) is 10.1. The summed E-state index contributed by atoms with van der Waals surface area (Å²) < 4.78 is 5.28. The van der Waals surface area contributed by atoms with Crippen molar-refractivity contribution < 1.29 is 9.66 Å². The molecule has 0 radical (unpaired) electrons. The van der Waals surface area contributed by atoms with Crippen molar-refractivity contribution in [2.24, 2.45) is 0 Å². The van der Waals surface area contributed by atoms with Crippen LogP contribution in [0.25, 0.3) is 0 Å². The molecule has 0 spiro atoms. The second kappa shape index (κ2) is 6.98. The number of hydrogen-bond acceptors (Lipinski definition) is 4. The summed E-state index contributed by atoms with van der Waals surface area (Å²) >= 11 is 5.91. The molecule has 1 aromatic rings. The lowest BCUT2D eigenvalue weighted by Crippen LogP contribution is -2.11. The van der Waals surface area contributed by atoms with Gasteiger partial charge in [0.2, 0.25) is 0 Å². The Balaban J connectivity index is 2.56. The van der Waals surface area contributed by atoms with E-state index in [0.29, 0.717) is 30.5 Å². The molecular weight excluding hydrogens is 256 g/mol. The molecule has 0 atom stereocenters. The van der Waals surface area contributed by atoms with E-state index < -0.39 is 4.92 Å². The Morgan fingerprint density at radius 2 is 2.33 bits per heavy atom. The third kappa shape index (κ3) is 4.35. The molecule has 0 aliphatic rings. The van der Waals surface area contributed by atoms with Gasteiger partial charge in [0.1, 0.15) is 5.69 Å². The van der Waals surface area contributed by atoms with E-state index in [-0.39, 0.29) is 5.69 Å². The van der Waals surface area contributed by atoms with Gasteiger partial charge in [0.25, 0.3) is 5.69 Å². The Bertz CT molecular complexity index is 449. The highest BCUT2D eigenvalue weighted by Crippen LogP contribution is 2.31. The number of benzene rings is 1. The predicted molar refractivity (Wildman–Crippen MR) is 72.2 cm³/mol. The Morgan fingerprint density at radius 1 is 1.61 bits per heavy atom. The summed E-state index contributed by atoms with van der Waals surface area (Å²) in [7, 11) is 0. The van der Waals surface area contributed by atoms with Gasteiger partial charge in [-0.3, -0.25) is 10.1 Å². The smallest absolute Gasteiger partial charge is 0.293 e. The van der Waals surface area contributed by atoms with Gasteiger partial charge in [-0.1, -0.05) is 29.8 Å². The molecule has 0 fully saturated rings. The fourth-order valence-corrected chi connectivity index (χ4v) is 1.57. The van der Waals surface area contributed by atoms with Crippen molar-refractivity contribution in [3.05, 3.63) is 45.5 Å². The van der Waals surface area contributed by atoms with Crippen LogP contribution >= 0.6 is 11.6 Å². The van der Waals surface area contributed by atoms with Crippen molar-refractivity contribution in [3.8, 4) is 0 Å². The van der Waals surface area contributed by atoms with Gasteiger partial charge in [-0.25, -0.2) is 0 Å². The van der Waals surface area contributed by atoms with E-state index in [9.17, 15) is 10.1 Å². The minimum absolute atomic E-state index is 0.0394. The summed E-state index contributed by atoms with van der Waals surface area (Å²) in [6, 6.07) is 4.55. The van der Waals surface area contributed by atoms with Crippen molar-refractivity contribution in [1.82, 2.24) is 0 Å². The molecule has 98 valence electrons. The lowest BCUT2D eigenvalue weighted by Gasteiger charge is -2.09. The maximum atomic E-state index is 10.8. The molecule has 1 rings (SSSR count). The number of halogens is 1. The number of hydrogen-bond donors (Lipinski definition) is 1. The molecule has 0 amide bonds. The topological polar surface area (TPSA) is 64.4 Å². The van der Waals surface area contributed by atoms with Gasteiger partial charge >= 0.3 is 0 Å². The molecule has 0 unspecified atom stereocenters. The number of nitrogens with zero attached hydrogens (tertiary/aromatic N) is 1. The van der Waals surface area contributed by atoms with Crippen LogP contribution in [0.2, 0.25) is 5.02 Å². The Kier molecular flexibility index (Phi) is 5.61. The standard InChI is InChI=1S/C12H15ClN2O3/c1-9(2)8-18-7-6-14-12-10(13)4-3-5-11(12)15(16)17/h3-5,14H,1,6-8H2,2H3. The molecule has 0 saturated heterocycles. The predicted octanol–water partition coefficient (Wildman–Crippen LogP) is 3.25. The number of rotatable bonds is 7. The molecule has 0 heterocycles. The van der Waals surface area contributed by atoms with E-state index in [0.717, 1.165) is 5.57 Å². The third-order valence-electron chi connectivity index (χ3n) is 2.08. The first kappa shape index (κ1) is 14.5.